The molecule has 20 heavy (non-hydrogen) atoms. The third-order valence-corrected chi connectivity index (χ3v) is 4.39. The molecule has 3 atom stereocenters. The Morgan fingerprint density at radius 2 is 1.90 bits per heavy atom. The minimum atomic E-state index is -0.575. The molecule has 1 aromatic carbocycles. The molecule has 0 aliphatic carbocycles. The lowest BCUT2D eigenvalue weighted by atomic mass is 10.0. The summed E-state index contributed by atoms with van der Waals surface area (Å²) < 4.78 is 12.8. The van der Waals surface area contributed by atoms with Crippen molar-refractivity contribution in [2.45, 2.75) is 38.5 Å². The average Bonchev–Trinajstić information content (AvgIpc) is 2.93. The first-order chi connectivity index (χ1) is 9.56. The maximum Gasteiger partial charge on any atom is 0.123 e. The molecule has 2 aromatic rings. The summed E-state index contributed by atoms with van der Waals surface area (Å²) in [4.78, 5) is 1.29. The first-order valence-electron chi connectivity index (χ1n) is 6.79. The van der Waals surface area contributed by atoms with Crippen LogP contribution in [0.1, 0.15) is 42.9 Å². The summed E-state index contributed by atoms with van der Waals surface area (Å²) in [5.41, 5.74) is 0.754. The summed E-state index contributed by atoms with van der Waals surface area (Å²) in [6.07, 6.45) is 0.0232. The van der Waals surface area contributed by atoms with Crippen molar-refractivity contribution in [3.8, 4) is 0 Å². The van der Waals surface area contributed by atoms with E-state index >= 15 is 0 Å². The predicted molar refractivity (Wildman–Crippen MR) is 81.3 cm³/mol. The second-order valence-corrected chi connectivity index (χ2v) is 6.09. The van der Waals surface area contributed by atoms with Crippen molar-refractivity contribution < 1.29 is 9.50 Å². The number of benzene rings is 1. The van der Waals surface area contributed by atoms with Gasteiger partial charge in [0.1, 0.15) is 5.82 Å². The number of hydrogen-bond donors (Lipinski definition) is 2. The van der Waals surface area contributed by atoms with E-state index in [1.54, 1.807) is 23.5 Å². The summed E-state index contributed by atoms with van der Waals surface area (Å²) in [6.45, 7) is 4.17. The molecule has 0 fully saturated rings. The third-order valence-electron chi connectivity index (χ3n) is 3.34. The van der Waals surface area contributed by atoms with Gasteiger partial charge >= 0.3 is 0 Å². The molecule has 0 saturated carbocycles. The molecular formula is C16H20FNOS. The minimum absolute atomic E-state index is 0.173. The summed E-state index contributed by atoms with van der Waals surface area (Å²) in [7, 11) is 0. The lowest BCUT2D eigenvalue weighted by molar-refractivity contribution is 0.152. The molecule has 0 spiro atoms. The van der Waals surface area contributed by atoms with Crippen LogP contribution in [-0.2, 0) is 0 Å². The van der Waals surface area contributed by atoms with Gasteiger partial charge in [-0.25, -0.2) is 4.39 Å². The minimum Gasteiger partial charge on any atom is -0.388 e. The fourth-order valence-corrected chi connectivity index (χ4v) is 3.01. The standard InChI is InChI=1S/C16H20FNOS/c1-11(18-12(2)16-4-3-9-20-16)10-15(19)13-5-7-14(17)8-6-13/h3-9,11-12,15,18-19H,10H2,1-2H3. The van der Waals surface area contributed by atoms with Gasteiger partial charge in [0.25, 0.3) is 0 Å². The normalized spacial score (nSPS) is 15.8. The Bertz CT molecular complexity index is 512. The highest BCUT2D eigenvalue weighted by Gasteiger charge is 2.15. The van der Waals surface area contributed by atoms with E-state index < -0.39 is 6.10 Å². The summed E-state index contributed by atoms with van der Waals surface area (Å²) in [5.74, 6) is -0.279. The lowest BCUT2D eigenvalue weighted by Crippen LogP contribution is -2.30. The largest absolute Gasteiger partial charge is 0.388 e. The molecule has 0 saturated heterocycles. The Morgan fingerprint density at radius 3 is 2.50 bits per heavy atom. The molecule has 0 aliphatic rings. The highest BCUT2D eigenvalue weighted by molar-refractivity contribution is 7.10. The van der Waals surface area contributed by atoms with E-state index in [2.05, 4.69) is 30.6 Å². The third kappa shape index (κ3) is 4.13. The number of aliphatic hydroxyl groups is 1. The van der Waals surface area contributed by atoms with Gasteiger partial charge in [0.15, 0.2) is 0 Å². The fraction of sp³-hybridized carbons (Fsp3) is 0.375. The van der Waals surface area contributed by atoms with E-state index in [4.69, 9.17) is 0 Å². The van der Waals surface area contributed by atoms with Crippen LogP contribution in [0.15, 0.2) is 41.8 Å². The smallest absolute Gasteiger partial charge is 0.123 e. The molecule has 0 aliphatic heterocycles. The van der Waals surface area contributed by atoms with Crippen LogP contribution in [0.5, 0.6) is 0 Å². The van der Waals surface area contributed by atoms with Gasteiger partial charge in [-0.1, -0.05) is 18.2 Å². The van der Waals surface area contributed by atoms with Crippen LogP contribution in [0.25, 0.3) is 0 Å². The second-order valence-electron chi connectivity index (χ2n) is 5.11. The molecule has 108 valence electrons. The van der Waals surface area contributed by atoms with Crippen molar-refractivity contribution in [1.82, 2.24) is 5.32 Å². The van der Waals surface area contributed by atoms with Crippen LogP contribution in [0, 0.1) is 5.82 Å². The van der Waals surface area contributed by atoms with Crippen LogP contribution < -0.4 is 5.32 Å². The first kappa shape index (κ1) is 15.2. The van der Waals surface area contributed by atoms with Crippen molar-refractivity contribution >= 4 is 11.3 Å². The van der Waals surface area contributed by atoms with Gasteiger partial charge in [0.05, 0.1) is 6.10 Å². The Morgan fingerprint density at radius 1 is 1.20 bits per heavy atom. The molecule has 3 unspecified atom stereocenters. The zero-order chi connectivity index (χ0) is 14.5. The van der Waals surface area contributed by atoms with Crippen molar-refractivity contribution in [3.05, 3.63) is 58.0 Å². The molecule has 0 radical (unpaired) electrons. The highest BCUT2D eigenvalue weighted by atomic mass is 32.1. The number of rotatable bonds is 6. The van der Waals surface area contributed by atoms with Gasteiger partial charge in [0, 0.05) is 17.0 Å². The Kier molecular flexibility index (Phi) is 5.29. The predicted octanol–water partition coefficient (Wildman–Crippen LogP) is 4.05. The van der Waals surface area contributed by atoms with Gasteiger partial charge in [-0.2, -0.15) is 0 Å². The van der Waals surface area contributed by atoms with Crippen LogP contribution in [-0.4, -0.2) is 11.1 Å². The van der Waals surface area contributed by atoms with E-state index in [0.717, 1.165) is 5.56 Å². The van der Waals surface area contributed by atoms with E-state index in [-0.39, 0.29) is 17.9 Å². The molecule has 2 rings (SSSR count). The Hall–Kier alpha value is -1.23. The van der Waals surface area contributed by atoms with Crippen LogP contribution >= 0.6 is 11.3 Å². The van der Waals surface area contributed by atoms with Gasteiger partial charge < -0.3 is 10.4 Å². The van der Waals surface area contributed by atoms with Crippen LogP contribution in [0.3, 0.4) is 0 Å². The maximum absolute atomic E-state index is 12.8. The van der Waals surface area contributed by atoms with E-state index in [0.29, 0.717) is 6.42 Å². The number of aliphatic hydroxyl groups excluding tert-OH is 1. The number of hydrogen-bond acceptors (Lipinski definition) is 3. The van der Waals surface area contributed by atoms with E-state index in [1.165, 1.54) is 17.0 Å². The zero-order valence-corrected chi connectivity index (χ0v) is 12.5. The van der Waals surface area contributed by atoms with Crippen molar-refractivity contribution in [2.75, 3.05) is 0 Å². The molecule has 0 amide bonds. The van der Waals surface area contributed by atoms with Crippen molar-refractivity contribution in [1.29, 1.82) is 0 Å². The molecule has 4 heteroatoms. The van der Waals surface area contributed by atoms with Crippen LogP contribution in [0.4, 0.5) is 4.39 Å². The van der Waals surface area contributed by atoms with Gasteiger partial charge in [-0.3, -0.25) is 0 Å². The molecule has 2 N–H and O–H groups in total. The summed E-state index contributed by atoms with van der Waals surface area (Å²) in [6, 6.07) is 10.6. The summed E-state index contributed by atoms with van der Waals surface area (Å²) >= 11 is 1.72. The second kappa shape index (κ2) is 6.97. The van der Waals surface area contributed by atoms with E-state index in [9.17, 15) is 9.50 Å². The monoisotopic (exact) mass is 293 g/mol. The maximum atomic E-state index is 12.8. The Balaban J connectivity index is 1.87. The van der Waals surface area contributed by atoms with Crippen LogP contribution in [0.2, 0.25) is 0 Å². The highest BCUT2D eigenvalue weighted by Crippen LogP contribution is 2.22. The quantitative estimate of drug-likeness (QED) is 0.842. The fourth-order valence-electron chi connectivity index (χ4n) is 2.27. The molecule has 1 aromatic heterocycles. The van der Waals surface area contributed by atoms with E-state index in [1.807, 2.05) is 6.07 Å². The number of halogens is 1. The number of thiophene rings is 1. The van der Waals surface area contributed by atoms with Gasteiger partial charge in [-0.15, -0.1) is 11.3 Å². The van der Waals surface area contributed by atoms with Crippen molar-refractivity contribution in [3.63, 3.8) is 0 Å². The SMILES string of the molecule is CC(CC(O)c1ccc(F)cc1)NC(C)c1cccs1. The topological polar surface area (TPSA) is 32.3 Å². The zero-order valence-electron chi connectivity index (χ0n) is 11.7. The first-order valence-corrected chi connectivity index (χ1v) is 7.67. The summed E-state index contributed by atoms with van der Waals surface area (Å²) in [5, 5.41) is 15.7. The average molecular weight is 293 g/mol. The van der Waals surface area contributed by atoms with Crippen molar-refractivity contribution in [2.24, 2.45) is 0 Å². The molecule has 2 nitrogen and oxygen atoms in total. The lowest BCUT2D eigenvalue weighted by Gasteiger charge is -2.22. The molecular weight excluding hydrogens is 273 g/mol. The van der Waals surface area contributed by atoms with Gasteiger partial charge in [-0.05, 0) is 49.4 Å². The molecule has 1 heterocycles. The molecule has 0 bridgehead atoms. The Labute approximate surface area is 123 Å². The number of nitrogens with one attached hydrogen (secondary N) is 1. The van der Waals surface area contributed by atoms with Gasteiger partial charge in [0.2, 0.25) is 0 Å².